The molecule has 2 aromatic heterocycles. The van der Waals surface area contributed by atoms with Gasteiger partial charge in [0.05, 0.1) is 6.54 Å². The Kier molecular flexibility index (Phi) is 5.17. The van der Waals surface area contributed by atoms with E-state index in [1.54, 1.807) is 0 Å². The summed E-state index contributed by atoms with van der Waals surface area (Å²) >= 11 is 1.53. The van der Waals surface area contributed by atoms with Crippen molar-refractivity contribution in [1.82, 2.24) is 9.62 Å². The van der Waals surface area contributed by atoms with Crippen molar-refractivity contribution in [3.63, 3.8) is 0 Å². The van der Waals surface area contributed by atoms with Gasteiger partial charge in [-0.25, -0.2) is 13.2 Å². The molecule has 2 aromatic rings. The smallest absolute Gasteiger partial charge is 0.371 e. The normalized spacial score (nSPS) is 18.1. The van der Waals surface area contributed by atoms with E-state index in [1.807, 2.05) is 18.4 Å². The third-order valence-corrected chi connectivity index (χ3v) is 7.06. The van der Waals surface area contributed by atoms with Gasteiger partial charge in [0.2, 0.25) is 16.8 Å². The zero-order valence-corrected chi connectivity index (χ0v) is 15.6. The number of furan rings is 1. The van der Waals surface area contributed by atoms with Crippen LogP contribution in [-0.2, 0) is 21.4 Å². The molecule has 0 spiro atoms. The summed E-state index contributed by atoms with van der Waals surface area (Å²) in [5, 5.41) is 13.1. The Bertz CT molecular complexity index is 930. The summed E-state index contributed by atoms with van der Waals surface area (Å²) in [6.07, 6.45) is 0.947. The van der Waals surface area contributed by atoms with Crippen molar-refractivity contribution in [1.29, 1.82) is 0 Å². The Balaban J connectivity index is 1.74. The van der Waals surface area contributed by atoms with Crippen molar-refractivity contribution in [2.24, 2.45) is 0 Å². The summed E-state index contributed by atoms with van der Waals surface area (Å²) in [6, 6.07) is 3.30. The Morgan fingerprint density at radius 2 is 2.15 bits per heavy atom. The van der Waals surface area contributed by atoms with Gasteiger partial charge < -0.3 is 14.8 Å². The molecule has 1 saturated heterocycles. The van der Waals surface area contributed by atoms with E-state index < -0.39 is 32.9 Å². The van der Waals surface area contributed by atoms with Crippen LogP contribution in [0.3, 0.4) is 0 Å². The molecule has 1 atom stereocenters. The number of hydrogen-bond acceptors (Lipinski definition) is 6. The lowest BCUT2D eigenvalue weighted by Crippen LogP contribution is -2.45. The van der Waals surface area contributed by atoms with Crippen LogP contribution in [0.4, 0.5) is 0 Å². The van der Waals surface area contributed by atoms with Gasteiger partial charge in [-0.05, 0) is 48.9 Å². The third kappa shape index (κ3) is 3.53. The summed E-state index contributed by atoms with van der Waals surface area (Å²) in [5.41, 5.74) is 1.07. The Labute approximate surface area is 154 Å². The number of aromatic carboxylic acids is 1. The van der Waals surface area contributed by atoms with E-state index in [9.17, 15) is 18.0 Å². The van der Waals surface area contributed by atoms with Gasteiger partial charge in [0.1, 0.15) is 6.04 Å². The van der Waals surface area contributed by atoms with E-state index in [4.69, 9.17) is 9.52 Å². The maximum Gasteiger partial charge on any atom is 0.371 e. The second-order valence-corrected chi connectivity index (χ2v) is 8.76. The molecule has 0 aliphatic carbocycles. The van der Waals surface area contributed by atoms with Crippen LogP contribution in [0, 0.1) is 6.92 Å². The molecule has 1 unspecified atom stereocenters. The van der Waals surface area contributed by atoms with Crippen molar-refractivity contribution >= 4 is 33.2 Å². The van der Waals surface area contributed by atoms with E-state index in [0.29, 0.717) is 19.4 Å². The summed E-state index contributed by atoms with van der Waals surface area (Å²) < 4.78 is 31.5. The van der Waals surface area contributed by atoms with Crippen LogP contribution < -0.4 is 5.32 Å². The van der Waals surface area contributed by atoms with Crippen LogP contribution in [0.5, 0.6) is 0 Å². The molecule has 2 N–H and O–H groups in total. The number of carbonyl (C=O) groups is 2. The minimum absolute atomic E-state index is 0.182. The van der Waals surface area contributed by atoms with Gasteiger partial charge in [-0.2, -0.15) is 4.31 Å². The topological polar surface area (TPSA) is 117 Å². The molecule has 3 heterocycles. The maximum absolute atomic E-state index is 12.7. The molecule has 0 aromatic carbocycles. The van der Waals surface area contributed by atoms with Crippen molar-refractivity contribution in [3.05, 3.63) is 39.8 Å². The average Bonchev–Trinajstić information content (AvgIpc) is 3.32. The van der Waals surface area contributed by atoms with Gasteiger partial charge in [0.25, 0.3) is 10.0 Å². The predicted octanol–water partition coefficient (Wildman–Crippen LogP) is 1.82. The van der Waals surface area contributed by atoms with Crippen LogP contribution in [0.15, 0.2) is 33.1 Å². The van der Waals surface area contributed by atoms with Gasteiger partial charge in [-0.3, -0.25) is 4.79 Å². The molecule has 1 amide bonds. The second-order valence-electron chi connectivity index (χ2n) is 5.94. The lowest BCUT2D eigenvalue weighted by Gasteiger charge is -2.22. The fourth-order valence-corrected chi connectivity index (χ4v) is 5.27. The first-order chi connectivity index (χ1) is 12.3. The van der Waals surface area contributed by atoms with Gasteiger partial charge >= 0.3 is 5.97 Å². The summed E-state index contributed by atoms with van der Waals surface area (Å²) in [5.74, 6) is -2.19. The number of rotatable bonds is 6. The molecular weight excluding hydrogens is 380 g/mol. The standard InChI is InChI=1S/C16H18N2O6S2/c1-10-6-8-25-13(10)9-17-15(19)11-3-2-7-18(11)26(22,23)14-5-4-12(24-14)16(20)21/h4-6,8,11H,2-3,7,9H2,1H3,(H,17,19)(H,20,21). The SMILES string of the molecule is Cc1ccsc1CNC(=O)C1CCCN1S(=O)(=O)c1ccc(C(=O)O)o1. The highest BCUT2D eigenvalue weighted by Crippen LogP contribution is 2.27. The first-order valence-electron chi connectivity index (χ1n) is 7.96. The Morgan fingerprint density at radius 1 is 1.38 bits per heavy atom. The molecule has 0 saturated carbocycles. The van der Waals surface area contributed by atoms with Crippen LogP contribution in [0.1, 0.15) is 33.8 Å². The number of hydrogen-bond donors (Lipinski definition) is 2. The molecule has 1 fully saturated rings. The number of nitrogens with zero attached hydrogens (tertiary/aromatic N) is 1. The number of aryl methyl sites for hydroxylation is 1. The monoisotopic (exact) mass is 398 g/mol. The number of carboxylic acid groups (broad SMARTS) is 1. The fourth-order valence-electron chi connectivity index (χ4n) is 2.85. The van der Waals surface area contributed by atoms with Crippen molar-refractivity contribution < 1.29 is 27.5 Å². The van der Waals surface area contributed by atoms with E-state index in [2.05, 4.69) is 5.32 Å². The molecular formula is C16H18N2O6S2. The van der Waals surface area contributed by atoms with Crippen LogP contribution in [0.25, 0.3) is 0 Å². The lowest BCUT2D eigenvalue weighted by molar-refractivity contribution is -0.124. The summed E-state index contributed by atoms with van der Waals surface area (Å²) in [4.78, 5) is 24.4. The molecule has 26 heavy (non-hydrogen) atoms. The lowest BCUT2D eigenvalue weighted by atomic mass is 10.2. The van der Waals surface area contributed by atoms with E-state index >= 15 is 0 Å². The Hall–Kier alpha value is -2.17. The van der Waals surface area contributed by atoms with Crippen LogP contribution in [-0.4, -0.2) is 42.3 Å². The summed E-state index contributed by atoms with van der Waals surface area (Å²) in [6.45, 7) is 2.47. The molecule has 0 radical (unpaired) electrons. The van der Waals surface area contributed by atoms with Gasteiger partial charge in [-0.15, -0.1) is 11.3 Å². The summed E-state index contributed by atoms with van der Waals surface area (Å²) in [7, 11) is -4.08. The molecule has 10 heteroatoms. The molecule has 1 aliphatic rings. The predicted molar refractivity (Wildman–Crippen MR) is 93.5 cm³/mol. The third-order valence-electron chi connectivity index (χ3n) is 4.25. The molecule has 1 aliphatic heterocycles. The highest BCUT2D eigenvalue weighted by atomic mass is 32.2. The molecule has 0 bridgehead atoms. The number of carbonyl (C=O) groups excluding carboxylic acids is 1. The first-order valence-corrected chi connectivity index (χ1v) is 10.3. The van der Waals surface area contributed by atoms with E-state index in [1.165, 1.54) is 11.3 Å². The second kappa shape index (κ2) is 7.22. The van der Waals surface area contributed by atoms with Crippen molar-refractivity contribution in [3.8, 4) is 0 Å². The average molecular weight is 398 g/mol. The minimum Gasteiger partial charge on any atom is -0.475 e. The molecule has 3 rings (SSSR count). The largest absolute Gasteiger partial charge is 0.475 e. The van der Waals surface area contributed by atoms with Gasteiger partial charge in [0, 0.05) is 11.4 Å². The number of nitrogens with one attached hydrogen (secondary N) is 1. The fraction of sp³-hybridized carbons (Fsp3) is 0.375. The van der Waals surface area contributed by atoms with Crippen molar-refractivity contribution in [2.45, 2.75) is 37.4 Å². The number of amides is 1. The number of sulfonamides is 1. The van der Waals surface area contributed by atoms with Crippen LogP contribution >= 0.6 is 11.3 Å². The Morgan fingerprint density at radius 3 is 2.77 bits per heavy atom. The van der Waals surface area contributed by atoms with Gasteiger partial charge in [0.15, 0.2) is 0 Å². The van der Waals surface area contributed by atoms with Gasteiger partial charge in [-0.1, -0.05) is 0 Å². The van der Waals surface area contributed by atoms with Crippen LogP contribution in [0.2, 0.25) is 0 Å². The number of thiophene rings is 1. The highest BCUT2D eigenvalue weighted by Gasteiger charge is 2.41. The molecule has 8 nitrogen and oxygen atoms in total. The highest BCUT2D eigenvalue weighted by molar-refractivity contribution is 7.89. The maximum atomic E-state index is 12.7. The van der Waals surface area contributed by atoms with Crippen molar-refractivity contribution in [2.75, 3.05) is 6.54 Å². The van der Waals surface area contributed by atoms with E-state index in [0.717, 1.165) is 26.9 Å². The molecule has 140 valence electrons. The van der Waals surface area contributed by atoms with E-state index in [-0.39, 0.29) is 12.5 Å². The number of carboxylic acids is 1. The minimum atomic E-state index is -4.08. The zero-order valence-electron chi connectivity index (χ0n) is 14.0. The zero-order chi connectivity index (χ0) is 18.9. The first kappa shape index (κ1) is 18.6. The quantitative estimate of drug-likeness (QED) is 0.766.